The molecule has 0 aromatic heterocycles. The molecule has 2 atom stereocenters. The number of carbonyl (C=O) groups excluding carboxylic acids is 1. The van der Waals surface area contributed by atoms with E-state index in [0.29, 0.717) is 19.1 Å². The predicted octanol–water partition coefficient (Wildman–Crippen LogP) is 2.37. The molecule has 1 aromatic carbocycles. The zero-order valence-electron chi connectivity index (χ0n) is 11.9. The second-order valence-electron chi connectivity index (χ2n) is 5.43. The molecule has 0 bridgehead atoms. The number of fused-ring (bicyclic) bond motifs is 1. The zero-order chi connectivity index (χ0) is 13.9. The first-order valence-electron chi connectivity index (χ1n) is 7.48. The van der Waals surface area contributed by atoms with Crippen molar-refractivity contribution in [2.75, 3.05) is 13.2 Å². The average Bonchev–Trinajstić information content (AvgIpc) is 3.04. The quantitative estimate of drug-likeness (QED) is 0.838. The fraction of sp³-hybridized carbons (Fsp3) is 0.562. The second kappa shape index (κ2) is 5.83. The molecule has 20 heavy (non-hydrogen) atoms. The normalized spacial score (nSPS) is 24.6. The maximum Gasteiger partial charge on any atom is 0.347 e. The van der Waals surface area contributed by atoms with Gasteiger partial charge in [0.2, 0.25) is 0 Å². The van der Waals surface area contributed by atoms with E-state index >= 15 is 0 Å². The standard InChI is InChI=1S/C16H21NO3/c1-2-9-17-13-7-6-12-11(13)4-3-5-14(12)20-15-8-10-19-16(15)18/h3-5,13,15,17H,2,6-10H2,1H3. The Hall–Kier alpha value is -1.55. The number of carbonyl (C=O) groups is 1. The lowest BCUT2D eigenvalue weighted by atomic mass is 10.1. The van der Waals surface area contributed by atoms with Crippen LogP contribution in [0.3, 0.4) is 0 Å². The van der Waals surface area contributed by atoms with E-state index in [1.807, 2.05) is 12.1 Å². The van der Waals surface area contributed by atoms with Gasteiger partial charge in [0, 0.05) is 12.5 Å². The molecule has 0 spiro atoms. The third kappa shape index (κ3) is 2.52. The molecule has 108 valence electrons. The largest absolute Gasteiger partial charge is 0.478 e. The van der Waals surface area contributed by atoms with Gasteiger partial charge in [-0.15, -0.1) is 0 Å². The van der Waals surface area contributed by atoms with Crippen molar-refractivity contribution in [3.63, 3.8) is 0 Å². The van der Waals surface area contributed by atoms with Gasteiger partial charge in [0.15, 0.2) is 6.10 Å². The number of rotatable bonds is 5. The van der Waals surface area contributed by atoms with Gasteiger partial charge in [0.25, 0.3) is 0 Å². The van der Waals surface area contributed by atoms with Crippen molar-refractivity contribution in [1.82, 2.24) is 5.32 Å². The van der Waals surface area contributed by atoms with E-state index < -0.39 is 6.10 Å². The van der Waals surface area contributed by atoms with E-state index in [2.05, 4.69) is 18.3 Å². The molecule has 4 nitrogen and oxygen atoms in total. The van der Waals surface area contributed by atoms with Gasteiger partial charge in [0.1, 0.15) is 5.75 Å². The summed E-state index contributed by atoms with van der Waals surface area (Å²) in [7, 11) is 0. The lowest BCUT2D eigenvalue weighted by Gasteiger charge is -2.16. The highest BCUT2D eigenvalue weighted by atomic mass is 16.6. The van der Waals surface area contributed by atoms with Crippen molar-refractivity contribution in [3.8, 4) is 5.75 Å². The molecule has 1 heterocycles. The summed E-state index contributed by atoms with van der Waals surface area (Å²) in [5.41, 5.74) is 2.57. The summed E-state index contributed by atoms with van der Waals surface area (Å²) < 4.78 is 10.8. The first-order valence-corrected chi connectivity index (χ1v) is 7.48. The SMILES string of the molecule is CCCNC1CCc2c(OC3CCOC3=O)cccc21. The summed E-state index contributed by atoms with van der Waals surface area (Å²) in [5, 5.41) is 3.57. The van der Waals surface area contributed by atoms with E-state index in [1.54, 1.807) is 0 Å². The Morgan fingerprint density at radius 2 is 2.30 bits per heavy atom. The number of cyclic esters (lactones) is 1. The number of nitrogens with one attached hydrogen (secondary N) is 1. The Bertz CT molecular complexity index is 500. The van der Waals surface area contributed by atoms with Crippen LogP contribution in [0.15, 0.2) is 18.2 Å². The van der Waals surface area contributed by atoms with Crippen LogP contribution in [0, 0.1) is 0 Å². The van der Waals surface area contributed by atoms with Crippen LogP contribution < -0.4 is 10.1 Å². The minimum Gasteiger partial charge on any atom is -0.478 e. The van der Waals surface area contributed by atoms with Crippen LogP contribution >= 0.6 is 0 Å². The van der Waals surface area contributed by atoms with Crippen LogP contribution in [0.4, 0.5) is 0 Å². The summed E-state index contributed by atoms with van der Waals surface area (Å²) in [5.74, 6) is 0.619. The van der Waals surface area contributed by atoms with Crippen molar-refractivity contribution in [3.05, 3.63) is 29.3 Å². The maximum absolute atomic E-state index is 11.5. The Morgan fingerprint density at radius 1 is 1.40 bits per heavy atom. The maximum atomic E-state index is 11.5. The van der Waals surface area contributed by atoms with Crippen LogP contribution in [-0.2, 0) is 16.0 Å². The highest BCUT2D eigenvalue weighted by molar-refractivity contribution is 5.76. The van der Waals surface area contributed by atoms with Gasteiger partial charge < -0.3 is 14.8 Å². The molecule has 1 aliphatic heterocycles. The van der Waals surface area contributed by atoms with Crippen molar-refractivity contribution in [2.45, 2.75) is 44.8 Å². The summed E-state index contributed by atoms with van der Waals surface area (Å²) in [6.45, 7) is 3.68. The Balaban J connectivity index is 1.77. The highest BCUT2D eigenvalue weighted by Gasteiger charge is 2.31. The third-order valence-corrected chi connectivity index (χ3v) is 4.02. The van der Waals surface area contributed by atoms with Gasteiger partial charge in [0.05, 0.1) is 6.61 Å². The molecule has 1 fully saturated rings. The van der Waals surface area contributed by atoms with Gasteiger partial charge in [-0.3, -0.25) is 0 Å². The molecule has 1 saturated heterocycles. The molecule has 1 aromatic rings. The highest BCUT2D eigenvalue weighted by Crippen LogP contribution is 2.37. The predicted molar refractivity (Wildman–Crippen MR) is 75.8 cm³/mol. The van der Waals surface area contributed by atoms with Crippen LogP contribution in [0.2, 0.25) is 0 Å². The smallest absolute Gasteiger partial charge is 0.347 e. The van der Waals surface area contributed by atoms with Crippen molar-refractivity contribution in [2.24, 2.45) is 0 Å². The summed E-state index contributed by atoms with van der Waals surface area (Å²) in [4.78, 5) is 11.5. The second-order valence-corrected chi connectivity index (χ2v) is 5.43. The Labute approximate surface area is 119 Å². The number of ether oxygens (including phenoxy) is 2. The number of hydrogen-bond acceptors (Lipinski definition) is 4. The third-order valence-electron chi connectivity index (χ3n) is 4.02. The molecule has 2 unspecified atom stereocenters. The van der Waals surface area contributed by atoms with Crippen LogP contribution in [0.1, 0.15) is 43.4 Å². The van der Waals surface area contributed by atoms with E-state index in [9.17, 15) is 4.79 Å². The summed E-state index contributed by atoms with van der Waals surface area (Å²) in [6.07, 6.45) is 3.47. The molecular formula is C16H21NO3. The number of benzene rings is 1. The molecule has 0 radical (unpaired) electrons. The minimum absolute atomic E-state index is 0.235. The van der Waals surface area contributed by atoms with Crippen molar-refractivity contribution >= 4 is 5.97 Å². The van der Waals surface area contributed by atoms with E-state index in [0.717, 1.165) is 31.6 Å². The van der Waals surface area contributed by atoms with Crippen LogP contribution in [0.25, 0.3) is 0 Å². The van der Waals surface area contributed by atoms with E-state index in [4.69, 9.17) is 9.47 Å². The number of esters is 1. The van der Waals surface area contributed by atoms with Crippen molar-refractivity contribution < 1.29 is 14.3 Å². The van der Waals surface area contributed by atoms with Gasteiger partial charge in [-0.1, -0.05) is 19.1 Å². The zero-order valence-corrected chi connectivity index (χ0v) is 11.9. The summed E-state index contributed by atoms with van der Waals surface area (Å²) in [6, 6.07) is 6.56. The van der Waals surface area contributed by atoms with Gasteiger partial charge in [-0.2, -0.15) is 0 Å². The minimum atomic E-state index is -0.427. The van der Waals surface area contributed by atoms with Gasteiger partial charge in [-0.05, 0) is 43.0 Å². The molecule has 0 saturated carbocycles. The van der Waals surface area contributed by atoms with Gasteiger partial charge >= 0.3 is 5.97 Å². The van der Waals surface area contributed by atoms with E-state index in [1.165, 1.54) is 11.1 Å². The van der Waals surface area contributed by atoms with Crippen molar-refractivity contribution in [1.29, 1.82) is 0 Å². The van der Waals surface area contributed by atoms with Gasteiger partial charge in [-0.25, -0.2) is 4.79 Å². The Morgan fingerprint density at radius 3 is 3.05 bits per heavy atom. The fourth-order valence-electron chi connectivity index (χ4n) is 3.00. The first kappa shape index (κ1) is 13.4. The lowest BCUT2D eigenvalue weighted by molar-refractivity contribution is -0.143. The molecular weight excluding hydrogens is 254 g/mol. The van der Waals surface area contributed by atoms with Crippen LogP contribution in [-0.4, -0.2) is 25.2 Å². The molecule has 2 aliphatic rings. The fourth-order valence-corrected chi connectivity index (χ4v) is 3.00. The van der Waals surface area contributed by atoms with Crippen LogP contribution in [0.5, 0.6) is 5.75 Å². The topological polar surface area (TPSA) is 47.6 Å². The van der Waals surface area contributed by atoms with E-state index in [-0.39, 0.29) is 5.97 Å². The lowest BCUT2D eigenvalue weighted by Crippen LogP contribution is -2.22. The molecule has 4 heteroatoms. The number of hydrogen-bond donors (Lipinski definition) is 1. The molecule has 1 N–H and O–H groups in total. The molecule has 1 aliphatic carbocycles. The molecule has 3 rings (SSSR count). The first-order chi connectivity index (χ1) is 9.79. The summed E-state index contributed by atoms with van der Waals surface area (Å²) >= 11 is 0. The molecule has 0 amide bonds. The Kier molecular flexibility index (Phi) is 3.92. The average molecular weight is 275 g/mol. The monoisotopic (exact) mass is 275 g/mol.